The van der Waals surface area contributed by atoms with Crippen LogP contribution < -0.4 is 0 Å². The molecule has 11 rings (SSSR count). The monoisotopic (exact) mass is 715 g/mol. The highest BCUT2D eigenvalue weighted by Gasteiger charge is 2.17. The molecule has 0 aliphatic carbocycles. The fourth-order valence-electron chi connectivity index (χ4n) is 7.77. The first-order chi connectivity index (χ1) is 27.7. The van der Waals surface area contributed by atoms with Crippen molar-refractivity contribution in [3.8, 4) is 56.4 Å². The van der Waals surface area contributed by atoms with Gasteiger partial charge < -0.3 is 0 Å². The third-order valence-electron chi connectivity index (χ3n) is 10.4. The largest absolute Gasteiger partial charge is 0.254 e. The topological polar surface area (TPSA) is 90.2 Å². The van der Waals surface area contributed by atoms with E-state index in [-0.39, 0.29) is 0 Å². The first kappa shape index (κ1) is 31.7. The minimum absolute atomic E-state index is 0.585. The van der Waals surface area contributed by atoms with E-state index in [0.717, 1.165) is 93.3 Å². The van der Waals surface area contributed by atoms with Gasteiger partial charge in [0.05, 0.1) is 22.1 Å². The summed E-state index contributed by atoms with van der Waals surface area (Å²) in [4.78, 5) is 34.3. The maximum Gasteiger partial charge on any atom is 0.164 e. The number of aromatic nitrogens is 7. The molecule has 0 fully saturated rings. The number of fused-ring (bicyclic) bond motifs is 7. The third kappa shape index (κ3) is 5.41. The molecule has 0 N–H and O–H groups in total. The predicted octanol–water partition coefficient (Wildman–Crippen LogP) is 11.6. The zero-order valence-corrected chi connectivity index (χ0v) is 29.9. The van der Waals surface area contributed by atoms with Crippen LogP contribution in [0.2, 0.25) is 0 Å². The average Bonchev–Trinajstić information content (AvgIpc) is 3.28. The zero-order chi connectivity index (χ0) is 37.0. The van der Waals surface area contributed by atoms with Crippen LogP contribution in [0.25, 0.3) is 111 Å². The van der Waals surface area contributed by atoms with Gasteiger partial charge in [0.2, 0.25) is 0 Å². The summed E-state index contributed by atoms with van der Waals surface area (Å²) < 4.78 is 0. The molecule has 7 nitrogen and oxygen atoms in total. The maximum absolute atomic E-state index is 5.19. The summed E-state index contributed by atoms with van der Waals surface area (Å²) in [6, 6.07) is 52.2. The summed E-state index contributed by atoms with van der Waals surface area (Å²) in [6.07, 6.45) is 7.28. The van der Waals surface area contributed by atoms with Gasteiger partial charge in [-0.2, -0.15) is 0 Å². The van der Waals surface area contributed by atoms with Gasteiger partial charge in [-0.05, 0) is 87.6 Å². The molecule has 0 unspecified atom stereocenters. The van der Waals surface area contributed by atoms with E-state index in [2.05, 4.69) is 137 Å². The highest BCUT2D eigenvalue weighted by atomic mass is 15.0. The van der Waals surface area contributed by atoms with Crippen LogP contribution in [-0.2, 0) is 0 Å². The van der Waals surface area contributed by atoms with Gasteiger partial charge in [0, 0.05) is 63.0 Å². The molecule has 0 radical (unpaired) electrons. The summed E-state index contributed by atoms with van der Waals surface area (Å²) in [7, 11) is 0. The normalized spacial score (nSPS) is 11.6. The molecule has 0 spiro atoms. The molecule has 11 aromatic rings. The molecule has 0 saturated carbocycles. The van der Waals surface area contributed by atoms with Crippen molar-refractivity contribution in [1.82, 2.24) is 34.9 Å². The molecule has 0 aliphatic heterocycles. The van der Waals surface area contributed by atoms with Crippen LogP contribution in [-0.4, -0.2) is 34.9 Å². The van der Waals surface area contributed by atoms with Gasteiger partial charge in [-0.15, -0.1) is 0 Å². The smallest absolute Gasteiger partial charge is 0.164 e. The van der Waals surface area contributed by atoms with Gasteiger partial charge in [-0.25, -0.2) is 15.0 Å². The molecule has 6 aromatic carbocycles. The number of rotatable bonds is 5. The van der Waals surface area contributed by atoms with E-state index in [1.165, 1.54) is 0 Å². The Morgan fingerprint density at radius 3 is 1.23 bits per heavy atom. The molecular weight excluding hydrogens is 687 g/mol. The zero-order valence-electron chi connectivity index (χ0n) is 29.9. The maximum atomic E-state index is 5.19. The molecule has 56 heavy (non-hydrogen) atoms. The van der Waals surface area contributed by atoms with E-state index < -0.39 is 0 Å². The fraction of sp³-hybridized carbons (Fsp3) is 0. The van der Waals surface area contributed by atoms with Gasteiger partial charge in [0.1, 0.15) is 0 Å². The third-order valence-corrected chi connectivity index (χ3v) is 10.4. The summed E-state index contributed by atoms with van der Waals surface area (Å²) in [5.41, 5.74) is 10.4. The Bertz CT molecular complexity index is 3160. The first-order valence-corrected chi connectivity index (χ1v) is 18.5. The molecule has 5 aromatic heterocycles. The van der Waals surface area contributed by atoms with Gasteiger partial charge in [-0.3, -0.25) is 19.9 Å². The molecule has 5 heterocycles. The van der Waals surface area contributed by atoms with E-state index in [1.807, 2.05) is 49.1 Å². The Balaban J connectivity index is 1.10. The average molecular weight is 716 g/mol. The van der Waals surface area contributed by atoms with Crippen LogP contribution in [0.3, 0.4) is 0 Å². The van der Waals surface area contributed by atoms with Gasteiger partial charge in [0.15, 0.2) is 17.5 Å². The van der Waals surface area contributed by atoms with Gasteiger partial charge in [-0.1, -0.05) is 97.1 Å². The van der Waals surface area contributed by atoms with Crippen LogP contribution in [0.5, 0.6) is 0 Å². The van der Waals surface area contributed by atoms with Gasteiger partial charge in [0.25, 0.3) is 0 Å². The van der Waals surface area contributed by atoms with Crippen molar-refractivity contribution in [2.24, 2.45) is 0 Å². The molecule has 0 bridgehead atoms. The fourth-order valence-corrected chi connectivity index (χ4v) is 7.77. The molecule has 7 heteroatoms. The van der Waals surface area contributed by atoms with Crippen LogP contribution >= 0.6 is 0 Å². The highest BCUT2D eigenvalue weighted by Crippen LogP contribution is 2.37. The molecular formula is C49H29N7. The Hall–Kier alpha value is -7.77. The summed E-state index contributed by atoms with van der Waals surface area (Å²) in [5.74, 6) is 1.77. The lowest BCUT2D eigenvalue weighted by Crippen LogP contribution is -2.00. The van der Waals surface area contributed by atoms with E-state index >= 15 is 0 Å². The van der Waals surface area contributed by atoms with E-state index in [4.69, 9.17) is 24.9 Å². The standard InChI is InChI=1S/C49H29N7/c1-2-10-31-25-38(20-19-30(31)9-1)49-55-47(36-13-3-11-32(26-36)41-28-34-15-5-21-50-43(34)45-39(41)17-7-23-52-45)54-48(56-49)37-14-4-12-33(27-37)42-29-35-16-6-22-51-44(35)46-40(42)18-8-24-53-46/h1-29H. The quantitative estimate of drug-likeness (QED) is 0.164. The van der Waals surface area contributed by atoms with Crippen LogP contribution in [0, 0.1) is 0 Å². The predicted molar refractivity (Wildman–Crippen MR) is 226 cm³/mol. The lowest BCUT2D eigenvalue weighted by Gasteiger charge is -2.13. The molecule has 0 aliphatic rings. The Labute approximate surface area is 321 Å². The van der Waals surface area contributed by atoms with Crippen molar-refractivity contribution in [2.45, 2.75) is 0 Å². The van der Waals surface area contributed by atoms with E-state index in [0.29, 0.717) is 17.5 Å². The summed E-state index contributed by atoms with van der Waals surface area (Å²) in [6.45, 7) is 0. The highest BCUT2D eigenvalue weighted by molar-refractivity contribution is 6.11. The minimum Gasteiger partial charge on any atom is -0.254 e. The number of benzene rings is 6. The Kier molecular flexibility index (Phi) is 7.35. The van der Waals surface area contributed by atoms with Crippen LogP contribution in [0.15, 0.2) is 176 Å². The summed E-state index contributed by atoms with van der Waals surface area (Å²) in [5, 5.41) is 6.42. The van der Waals surface area contributed by atoms with Crippen molar-refractivity contribution in [1.29, 1.82) is 0 Å². The van der Waals surface area contributed by atoms with E-state index in [9.17, 15) is 0 Å². The van der Waals surface area contributed by atoms with Crippen LogP contribution in [0.1, 0.15) is 0 Å². The SMILES string of the molecule is c1cc(-c2nc(-c3cccc(-c4cc5cccnc5c5ncccc45)c3)nc(-c3ccc4ccccc4c3)n2)cc(-c2cc3cccnc3c3ncccc23)c1. The van der Waals surface area contributed by atoms with E-state index in [1.54, 1.807) is 0 Å². The molecule has 0 amide bonds. The van der Waals surface area contributed by atoms with Gasteiger partial charge >= 0.3 is 0 Å². The lowest BCUT2D eigenvalue weighted by molar-refractivity contribution is 1.07. The number of pyridine rings is 4. The Morgan fingerprint density at radius 1 is 0.268 bits per heavy atom. The minimum atomic E-state index is 0.585. The number of hydrogen-bond donors (Lipinski definition) is 0. The van der Waals surface area contributed by atoms with Crippen molar-refractivity contribution in [3.63, 3.8) is 0 Å². The number of hydrogen-bond acceptors (Lipinski definition) is 7. The second-order valence-corrected chi connectivity index (χ2v) is 13.8. The second-order valence-electron chi connectivity index (χ2n) is 13.8. The first-order valence-electron chi connectivity index (χ1n) is 18.5. The molecule has 0 saturated heterocycles. The summed E-state index contributed by atoms with van der Waals surface area (Å²) >= 11 is 0. The molecule has 0 atom stereocenters. The molecule has 260 valence electrons. The number of nitrogens with zero attached hydrogens (tertiary/aromatic N) is 7. The lowest BCUT2D eigenvalue weighted by atomic mass is 9.96. The second kappa shape index (κ2) is 13.0. The van der Waals surface area contributed by atoms with Crippen molar-refractivity contribution in [2.75, 3.05) is 0 Å². The van der Waals surface area contributed by atoms with Crippen LogP contribution in [0.4, 0.5) is 0 Å². The van der Waals surface area contributed by atoms with Crippen molar-refractivity contribution in [3.05, 3.63) is 176 Å². The van der Waals surface area contributed by atoms with Crippen molar-refractivity contribution < 1.29 is 0 Å². The van der Waals surface area contributed by atoms with Crippen molar-refractivity contribution >= 4 is 54.4 Å². The Morgan fingerprint density at radius 2 is 0.696 bits per heavy atom.